The van der Waals surface area contributed by atoms with Crippen molar-refractivity contribution in [3.05, 3.63) is 71.0 Å². The van der Waals surface area contributed by atoms with Gasteiger partial charge in [-0.05, 0) is 62.5 Å². The molecule has 30 heavy (non-hydrogen) atoms. The summed E-state index contributed by atoms with van der Waals surface area (Å²) >= 11 is 1.09. The predicted octanol–water partition coefficient (Wildman–Crippen LogP) is 3.80. The van der Waals surface area contributed by atoms with Gasteiger partial charge < -0.3 is 5.32 Å². The first-order chi connectivity index (χ1) is 14.3. The first-order valence-electron chi connectivity index (χ1n) is 9.71. The number of nitrogens with zero attached hydrogens (tertiary/aromatic N) is 4. The Kier molecular flexibility index (Phi) is 6.56. The molecule has 3 rings (SSSR count). The number of aromatic nitrogens is 3. The van der Waals surface area contributed by atoms with Crippen LogP contribution >= 0.6 is 11.5 Å². The van der Waals surface area contributed by atoms with Gasteiger partial charge in [-0.1, -0.05) is 29.6 Å². The van der Waals surface area contributed by atoms with Crippen LogP contribution in [0.25, 0.3) is 0 Å². The fourth-order valence-electron chi connectivity index (χ4n) is 3.05. The van der Waals surface area contributed by atoms with Crippen molar-refractivity contribution in [2.75, 3.05) is 4.90 Å². The predicted molar refractivity (Wildman–Crippen MR) is 117 cm³/mol. The second-order valence-electron chi connectivity index (χ2n) is 7.91. The number of hydrogen-bond donors (Lipinski definition) is 1. The van der Waals surface area contributed by atoms with E-state index in [9.17, 15) is 9.59 Å². The van der Waals surface area contributed by atoms with Gasteiger partial charge >= 0.3 is 0 Å². The molecule has 3 aromatic rings. The van der Waals surface area contributed by atoms with Crippen molar-refractivity contribution < 1.29 is 9.59 Å². The van der Waals surface area contributed by atoms with Gasteiger partial charge in [-0.15, -0.1) is 5.10 Å². The van der Waals surface area contributed by atoms with Crippen LogP contribution in [0.15, 0.2) is 54.2 Å². The summed E-state index contributed by atoms with van der Waals surface area (Å²) in [7, 11) is 0. The smallest absolute Gasteiger partial charge is 0.280 e. The van der Waals surface area contributed by atoms with Crippen LogP contribution in [0, 0.1) is 0 Å². The molecule has 8 heteroatoms. The van der Waals surface area contributed by atoms with Crippen LogP contribution in [0.4, 0.5) is 5.69 Å². The van der Waals surface area contributed by atoms with Crippen molar-refractivity contribution in [1.82, 2.24) is 19.9 Å². The number of carbonyl (C=O) groups is 2. The molecule has 0 aliphatic carbocycles. The molecule has 1 aromatic carbocycles. The van der Waals surface area contributed by atoms with Crippen molar-refractivity contribution in [3.63, 3.8) is 0 Å². The van der Waals surface area contributed by atoms with Gasteiger partial charge in [0.05, 0.1) is 0 Å². The van der Waals surface area contributed by atoms with Gasteiger partial charge in [-0.3, -0.25) is 19.5 Å². The fraction of sp³-hybridized carbons (Fsp3) is 0.318. The fourth-order valence-corrected chi connectivity index (χ4v) is 3.48. The van der Waals surface area contributed by atoms with E-state index in [0.717, 1.165) is 23.5 Å². The summed E-state index contributed by atoms with van der Waals surface area (Å²) in [5.74, 6) is -0.697. The molecule has 1 atom stereocenters. The van der Waals surface area contributed by atoms with E-state index in [4.69, 9.17) is 0 Å². The molecule has 156 valence electrons. The number of hydrogen-bond acceptors (Lipinski definition) is 6. The maximum absolute atomic E-state index is 13.5. The molecule has 0 bridgehead atoms. The summed E-state index contributed by atoms with van der Waals surface area (Å²) in [5, 5.41) is 8.51. The van der Waals surface area contributed by atoms with Crippen LogP contribution in [0.1, 0.15) is 55.4 Å². The molecule has 0 spiro atoms. The number of anilines is 1. The Bertz CT molecular complexity index is 983. The lowest BCUT2D eigenvalue weighted by Crippen LogP contribution is -2.49. The third-order valence-electron chi connectivity index (χ3n) is 4.43. The average molecular weight is 424 g/mol. The largest absolute Gasteiger partial charge is 0.349 e. The number of aryl methyl sites for hydroxylation is 1. The summed E-state index contributed by atoms with van der Waals surface area (Å²) < 4.78 is 3.81. The highest BCUT2D eigenvalue weighted by atomic mass is 32.1. The van der Waals surface area contributed by atoms with Gasteiger partial charge in [0, 0.05) is 34.6 Å². The molecule has 2 aromatic heterocycles. The van der Waals surface area contributed by atoms with Crippen LogP contribution in [-0.2, 0) is 11.2 Å². The summed E-state index contributed by atoms with van der Waals surface area (Å²) in [4.78, 5) is 32.5. The number of benzene rings is 1. The van der Waals surface area contributed by atoms with E-state index in [1.54, 1.807) is 29.9 Å². The Morgan fingerprint density at radius 1 is 1.17 bits per heavy atom. The quantitative estimate of drug-likeness (QED) is 0.652. The third-order valence-corrected chi connectivity index (χ3v) is 4.93. The minimum atomic E-state index is -0.917. The standard InChI is InChI=1S/C22H25N5O2S/c1-5-15-8-10-17(11-9-15)27(21(29)18-14-30-26-25-18)19(16-7-6-12-23-13-16)20(28)24-22(2,3)4/h6-14,19H,5H2,1-4H3,(H,24,28)/t19-/m0/s1. The maximum atomic E-state index is 13.5. The summed E-state index contributed by atoms with van der Waals surface area (Å²) in [6.45, 7) is 7.77. The van der Waals surface area contributed by atoms with Crippen LogP contribution in [0.3, 0.4) is 0 Å². The van der Waals surface area contributed by atoms with E-state index in [0.29, 0.717) is 11.3 Å². The Balaban J connectivity index is 2.14. The van der Waals surface area contributed by atoms with E-state index in [-0.39, 0.29) is 11.6 Å². The normalized spacial score (nSPS) is 12.3. The van der Waals surface area contributed by atoms with E-state index < -0.39 is 17.5 Å². The van der Waals surface area contributed by atoms with E-state index in [1.807, 2.05) is 45.0 Å². The van der Waals surface area contributed by atoms with Crippen molar-refractivity contribution in [3.8, 4) is 0 Å². The number of amides is 2. The molecule has 0 aliphatic heterocycles. The Morgan fingerprint density at radius 2 is 1.90 bits per heavy atom. The second-order valence-corrected chi connectivity index (χ2v) is 8.52. The van der Waals surface area contributed by atoms with Crippen LogP contribution < -0.4 is 10.2 Å². The Hall–Kier alpha value is -3.13. The zero-order chi connectivity index (χ0) is 21.7. The highest BCUT2D eigenvalue weighted by Crippen LogP contribution is 2.30. The molecule has 0 unspecified atom stereocenters. The van der Waals surface area contributed by atoms with Crippen LogP contribution in [-0.4, -0.2) is 31.9 Å². The maximum Gasteiger partial charge on any atom is 0.280 e. The highest BCUT2D eigenvalue weighted by molar-refractivity contribution is 7.03. The molecule has 0 saturated carbocycles. The summed E-state index contributed by atoms with van der Waals surface area (Å²) in [6, 6.07) is 10.2. The van der Waals surface area contributed by atoms with Crippen molar-refractivity contribution in [2.24, 2.45) is 0 Å². The molecule has 7 nitrogen and oxygen atoms in total. The van der Waals surface area contributed by atoms with Gasteiger partial charge in [0.25, 0.3) is 5.91 Å². The molecule has 0 saturated heterocycles. The Morgan fingerprint density at radius 3 is 2.43 bits per heavy atom. The minimum absolute atomic E-state index is 0.192. The number of rotatable bonds is 6. The van der Waals surface area contributed by atoms with Crippen molar-refractivity contribution >= 4 is 29.0 Å². The summed E-state index contributed by atoms with van der Waals surface area (Å²) in [6.07, 6.45) is 4.11. The molecular formula is C22H25N5O2S. The minimum Gasteiger partial charge on any atom is -0.349 e. The second kappa shape index (κ2) is 9.13. The SMILES string of the molecule is CCc1ccc(N(C(=O)c2csnn2)[C@H](C(=O)NC(C)(C)C)c2cccnc2)cc1. The van der Waals surface area contributed by atoms with Crippen molar-refractivity contribution in [2.45, 2.75) is 45.7 Å². The molecule has 0 aliphatic rings. The van der Waals surface area contributed by atoms with E-state index >= 15 is 0 Å². The third kappa shape index (κ3) is 5.07. The molecule has 2 heterocycles. The Labute approximate surface area is 180 Å². The highest BCUT2D eigenvalue weighted by Gasteiger charge is 2.35. The lowest BCUT2D eigenvalue weighted by atomic mass is 10.0. The van der Waals surface area contributed by atoms with Gasteiger partial charge in [0.1, 0.15) is 6.04 Å². The van der Waals surface area contributed by atoms with Crippen LogP contribution in [0.5, 0.6) is 0 Å². The molecule has 0 fully saturated rings. The van der Waals surface area contributed by atoms with Gasteiger partial charge in [-0.2, -0.15) is 0 Å². The van der Waals surface area contributed by atoms with E-state index in [1.165, 1.54) is 4.90 Å². The monoisotopic (exact) mass is 423 g/mol. The van der Waals surface area contributed by atoms with Gasteiger partial charge in [0.15, 0.2) is 5.69 Å². The molecule has 0 radical (unpaired) electrons. The number of pyridine rings is 1. The topological polar surface area (TPSA) is 88.1 Å². The first kappa shape index (κ1) is 21.6. The van der Waals surface area contributed by atoms with Crippen molar-refractivity contribution in [1.29, 1.82) is 0 Å². The molecule has 1 N–H and O–H groups in total. The number of nitrogens with one attached hydrogen (secondary N) is 1. The van der Waals surface area contributed by atoms with Crippen LogP contribution in [0.2, 0.25) is 0 Å². The first-order valence-corrected chi connectivity index (χ1v) is 10.6. The van der Waals surface area contributed by atoms with E-state index in [2.05, 4.69) is 26.8 Å². The average Bonchev–Trinajstić information content (AvgIpc) is 3.26. The summed E-state index contributed by atoms with van der Waals surface area (Å²) in [5.41, 5.74) is 2.06. The number of carbonyl (C=O) groups excluding carboxylic acids is 2. The molecule has 2 amide bonds. The lowest BCUT2D eigenvalue weighted by Gasteiger charge is -2.33. The zero-order valence-electron chi connectivity index (χ0n) is 17.5. The van der Waals surface area contributed by atoms with Gasteiger partial charge in [-0.25, -0.2) is 0 Å². The molecular weight excluding hydrogens is 398 g/mol. The zero-order valence-corrected chi connectivity index (χ0v) is 18.3. The lowest BCUT2D eigenvalue weighted by molar-refractivity contribution is -0.123. The van der Waals surface area contributed by atoms with Gasteiger partial charge in [0.2, 0.25) is 5.91 Å².